The van der Waals surface area contributed by atoms with Crippen LogP contribution in [0, 0.1) is 5.41 Å². The molecule has 1 rings (SSSR count). The van der Waals surface area contributed by atoms with Crippen LogP contribution in [0.1, 0.15) is 47.5 Å². The van der Waals surface area contributed by atoms with Gasteiger partial charge >= 0.3 is 0 Å². The Hall–Kier alpha value is -1.37. The van der Waals surface area contributed by atoms with E-state index < -0.39 is 0 Å². The van der Waals surface area contributed by atoms with Crippen LogP contribution in [-0.4, -0.2) is 5.78 Å². The molecule has 0 saturated heterocycles. The Morgan fingerprint density at radius 2 is 2.00 bits per heavy atom. The van der Waals surface area contributed by atoms with E-state index in [2.05, 4.69) is 39.0 Å². The van der Waals surface area contributed by atoms with Crippen LogP contribution < -0.4 is 0 Å². The number of rotatable bonds is 3. The molecule has 0 amide bonds. The molecule has 0 bridgehead atoms. The summed E-state index contributed by atoms with van der Waals surface area (Å²) in [6, 6.07) is 0. The van der Waals surface area contributed by atoms with E-state index >= 15 is 0 Å². The zero-order valence-electron chi connectivity index (χ0n) is 12.2. The van der Waals surface area contributed by atoms with Crippen LogP contribution in [-0.2, 0) is 4.79 Å². The second-order valence-electron chi connectivity index (χ2n) is 5.62. The largest absolute Gasteiger partial charge is 0.295 e. The van der Waals surface area contributed by atoms with E-state index in [0.717, 1.165) is 12.0 Å². The average Bonchev–Trinajstić information content (AvgIpc) is 2.31. The molecule has 1 heteroatoms. The van der Waals surface area contributed by atoms with Crippen molar-refractivity contribution in [2.75, 3.05) is 0 Å². The highest BCUT2D eigenvalue weighted by atomic mass is 16.1. The Labute approximate surface area is 111 Å². The molecule has 0 spiro atoms. The molecular formula is C17H24O. The summed E-state index contributed by atoms with van der Waals surface area (Å²) in [7, 11) is 0. The molecular weight excluding hydrogens is 220 g/mol. The van der Waals surface area contributed by atoms with Gasteiger partial charge in [0.2, 0.25) is 0 Å². The molecule has 18 heavy (non-hydrogen) atoms. The molecule has 0 aromatic carbocycles. The number of hydrogen-bond acceptors (Lipinski definition) is 1. The molecule has 1 nitrogen and oxygen atoms in total. The van der Waals surface area contributed by atoms with Crippen molar-refractivity contribution in [3.63, 3.8) is 0 Å². The minimum atomic E-state index is 0.107. The molecule has 98 valence electrons. The molecule has 0 aliphatic heterocycles. The number of carbonyl (C=O) groups excluding carboxylic acids is 1. The van der Waals surface area contributed by atoms with Crippen LogP contribution in [0.5, 0.6) is 0 Å². The Morgan fingerprint density at radius 1 is 1.33 bits per heavy atom. The summed E-state index contributed by atoms with van der Waals surface area (Å²) in [6.45, 7) is 10.5. The van der Waals surface area contributed by atoms with E-state index in [9.17, 15) is 4.79 Å². The predicted molar refractivity (Wildman–Crippen MR) is 78.4 cm³/mol. The van der Waals surface area contributed by atoms with Crippen molar-refractivity contribution in [1.82, 2.24) is 0 Å². The standard InChI is InChI=1S/C17H24O/c1-6-7-8-13(2)9-10-15-14(3)16(18)11-12-17(15,4)5/h6-10H,11-12H2,1-5H3/b7-6+,10-9+,13-8+. The lowest BCUT2D eigenvalue weighted by molar-refractivity contribution is -0.116. The zero-order valence-corrected chi connectivity index (χ0v) is 12.2. The number of ketones is 1. The first-order chi connectivity index (χ1) is 8.38. The second-order valence-corrected chi connectivity index (χ2v) is 5.62. The van der Waals surface area contributed by atoms with Gasteiger partial charge in [0.05, 0.1) is 0 Å². The first-order valence-corrected chi connectivity index (χ1v) is 6.60. The van der Waals surface area contributed by atoms with Crippen LogP contribution >= 0.6 is 0 Å². The van der Waals surface area contributed by atoms with Crippen molar-refractivity contribution >= 4 is 5.78 Å². The Balaban J connectivity index is 3.03. The summed E-state index contributed by atoms with van der Waals surface area (Å²) in [5.74, 6) is 0.295. The first-order valence-electron chi connectivity index (χ1n) is 6.60. The molecule has 0 fully saturated rings. The van der Waals surface area contributed by atoms with Crippen LogP contribution in [0.25, 0.3) is 0 Å². The lowest BCUT2D eigenvalue weighted by Crippen LogP contribution is -2.24. The van der Waals surface area contributed by atoms with Gasteiger partial charge in [0.15, 0.2) is 5.78 Å². The van der Waals surface area contributed by atoms with E-state index in [4.69, 9.17) is 0 Å². The van der Waals surface area contributed by atoms with Crippen LogP contribution in [0.4, 0.5) is 0 Å². The monoisotopic (exact) mass is 244 g/mol. The fourth-order valence-corrected chi connectivity index (χ4v) is 2.27. The highest BCUT2D eigenvalue weighted by molar-refractivity contribution is 5.97. The van der Waals surface area contributed by atoms with Gasteiger partial charge < -0.3 is 0 Å². The number of hydrogen-bond donors (Lipinski definition) is 0. The lowest BCUT2D eigenvalue weighted by Gasteiger charge is -2.32. The maximum Gasteiger partial charge on any atom is 0.158 e. The number of allylic oxidation sites excluding steroid dienone is 8. The maximum absolute atomic E-state index is 11.8. The minimum Gasteiger partial charge on any atom is -0.295 e. The molecule has 1 aliphatic rings. The Kier molecular flexibility index (Phi) is 4.89. The molecule has 0 saturated carbocycles. The van der Waals surface area contributed by atoms with Gasteiger partial charge in [0.1, 0.15) is 0 Å². The summed E-state index contributed by atoms with van der Waals surface area (Å²) in [5.41, 5.74) is 3.42. The smallest absolute Gasteiger partial charge is 0.158 e. The molecule has 0 radical (unpaired) electrons. The van der Waals surface area contributed by atoms with E-state index in [1.165, 1.54) is 11.1 Å². The van der Waals surface area contributed by atoms with Gasteiger partial charge in [0.25, 0.3) is 0 Å². The lowest BCUT2D eigenvalue weighted by atomic mass is 9.72. The molecule has 0 aromatic rings. The normalized spacial score (nSPS) is 21.4. The van der Waals surface area contributed by atoms with Gasteiger partial charge in [-0.1, -0.05) is 49.8 Å². The first kappa shape index (κ1) is 14.7. The van der Waals surface area contributed by atoms with Crippen LogP contribution in [0.15, 0.2) is 47.1 Å². The van der Waals surface area contributed by atoms with Crippen LogP contribution in [0.3, 0.4) is 0 Å². The van der Waals surface area contributed by atoms with Gasteiger partial charge in [-0.3, -0.25) is 4.79 Å². The van der Waals surface area contributed by atoms with Crippen molar-refractivity contribution in [2.45, 2.75) is 47.5 Å². The molecule has 0 aromatic heterocycles. The topological polar surface area (TPSA) is 17.1 Å². The van der Waals surface area contributed by atoms with Gasteiger partial charge in [0, 0.05) is 6.42 Å². The van der Waals surface area contributed by atoms with Gasteiger partial charge in [-0.25, -0.2) is 0 Å². The highest BCUT2D eigenvalue weighted by Crippen LogP contribution is 2.39. The second kappa shape index (κ2) is 5.99. The number of Topliss-reactive ketones (excluding diaryl/α,β-unsaturated/α-hetero) is 1. The van der Waals surface area contributed by atoms with Crippen molar-refractivity contribution < 1.29 is 4.79 Å². The molecule has 1 aliphatic carbocycles. The molecule has 0 atom stereocenters. The Bertz CT molecular complexity index is 442. The SMILES string of the molecule is C/C=C/C=C(C)/C=C/C1=C(C)C(=O)CCC1(C)C. The fraction of sp³-hybridized carbons (Fsp3) is 0.471. The summed E-state index contributed by atoms with van der Waals surface area (Å²) in [6.07, 6.45) is 11.9. The van der Waals surface area contributed by atoms with Crippen LogP contribution in [0.2, 0.25) is 0 Å². The predicted octanol–water partition coefficient (Wildman–Crippen LogP) is 4.77. The summed E-state index contributed by atoms with van der Waals surface area (Å²) < 4.78 is 0. The Morgan fingerprint density at radius 3 is 2.61 bits per heavy atom. The van der Waals surface area contributed by atoms with Crippen molar-refractivity contribution in [3.8, 4) is 0 Å². The quantitative estimate of drug-likeness (QED) is 0.653. The van der Waals surface area contributed by atoms with E-state index in [-0.39, 0.29) is 5.41 Å². The molecule has 0 unspecified atom stereocenters. The van der Waals surface area contributed by atoms with Crippen molar-refractivity contribution in [1.29, 1.82) is 0 Å². The van der Waals surface area contributed by atoms with E-state index in [1.54, 1.807) is 0 Å². The average molecular weight is 244 g/mol. The third-order valence-corrected chi connectivity index (χ3v) is 3.59. The third kappa shape index (κ3) is 3.56. The van der Waals surface area contributed by atoms with Crippen molar-refractivity contribution in [2.24, 2.45) is 5.41 Å². The van der Waals surface area contributed by atoms with Gasteiger partial charge in [-0.15, -0.1) is 0 Å². The van der Waals surface area contributed by atoms with E-state index in [1.807, 2.05) is 26.0 Å². The maximum atomic E-state index is 11.8. The third-order valence-electron chi connectivity index (χ3n) is 3.59. The highest BCUT2D eigenvalue weighted by Gasteiger charge is 2.30. The van der Waals surface area contributed by atoms with Crippen molar-refractivity contribution in [3.05, 3.63) is 47.1 Å². The van der Waals surface area contributed by atoms with Gasteiger partial charge in [-0.2, -0.15) is 0 Å². The fourth-order valence-electron chi connectivity index (χ4n) is 2.27. The molecule has 0 N–H and O–H groups in total. The van der Waals surface area contributed by atoms with E-state index in [0.29, 0.717) is 12.2 Å². The zero-order chi connectivity index (χ0) is 13.8. The minimum absolute atomic E-state index is 0.107. The summed E-state index contributed by atoms with van der Waals surface area (Å²) >= 11 is 0. The molecule has 0 heterocycles. The van der Waals surface area contributed by atoms with Gasteiger partial charge in [-0.05, 0) is 43.8 Å². The summed E-state index contributed by atoms with van der Waals surface area (Å²) in [5, 5.41) is 0. The number of carbonyl (C=O) groups is 1. The summed E-state index contributed by atoms with van der Waals surface area (Å²) in [4.78, 5) is 11.8.